The molecule has 7 heteroatoms. The highest BCUT2D eigenvalue weighted by atomic mass is 19.1. The molecule has 1 aromatic heterocycles. The molecule has 0 saturated heterocycles. The molecule has 0 atom stereocenters. The van der Waals surface area contributed by atoms with Crippen molar-refractivity contribution in [2.24, 2.45) is 17.4 Å². The fourth-order valence-corrected chi connectivity index (χ4v) is 3.46. The highest BCUT2D eigenvalue weighted by Crippen LogP contribution is 2.33. The molecule has 152 valence electrons. The Kier molecular flexibility index (Phi) is 5.98. The zero-order valence-corrected chi connectivity index (χ0v) is 16.4. The molecule has 2 aromatic carbocycles. The molecule has 0 aliphatic heterocycles. The first-order chi connectivity index (χ1) is 13.8. The van der Waals surface area contributed by atoms with Crippen molar-refractivity contribution < 1.29 is 13.9 Å². The molecule has 0 unspecified atom stereocenters. The third-order valence-electron chi connectivity index (χ3n) is 4.59. The molecule has 1 heterocycles. The second-order valence-corrected chi connectivity index (χ2v) is 7.31. The van der Waals surface area contributed by atoms with E-state index in [-0.39, 0.29) is 30.4 Å². The minimum atomic E-state index is -0.606. The second-order valence-electron chi connectivity index (χ2n) is 7.31. The minimum absolute atomic E-state index is 0.107. The van der Waals surface area contributed by atoms with E-state index in [0.717, 1.165) is 0 Å². The number of nitrogens with two attached hydrogens (primary N) is 2. The van der Waals surface area contributed by atoms with Crippen molar-refractivity contribution in [3.63, 3.8) is 0 Å². The van der Waals surface area contributed by atoms with Crippen LogP contribution >= 0.6 is 0 Å². The number of hydrogen-bond donors (Lipinski definition) is 2. The van der Waals surface area contributed by atoms with Gasteiger partial charge in [0.05, 0.1) is 0 Å². The topological polar surface area (TPSA) is 100 Å². The molecule has 29 heavy (non-hydrogen) atoms. The van der Waals surface area contributed by atoms with Gasteiger partial charge in [-0.05, 0) is 41.8 Å². The Morgan fingerprint density at radius 2 is 1.93 bits per heavy atom. The SMILES string of the molecule is CC(C)Cn1c(CN)c(-c2cccc(F)c2)c2cc(OCC(N)=O)ccc2c1=O. The summed E-state index contributed by atoms with van der Waals surface area (Å²) in [5.41, 5.74) is 12.9. The lowest BCUT2D eigenvalue weighted by Gasteiger charge is -2.21. The molecule has 0 aliphatic rings. The van der Waals surface area contributed by atoms with Crippen molar-refractivity contribution in [1.82, 2.24) is 4.57 Å². The number of aromatic nitrogens is 1. The monoisotopic (exact) mass is 397 g/mol. The largest absolute Gasteiger partial charge is 0.484 e. The maximum Gasteiger partial charge on any atom is 0.258 e. The van der Waals surface area contributed by atoms with E-state index in [1.165, 1.54) is 12.1 Å². The van der Waals surface area contributed by atoms with E-state index in [0.29, 0.717) is 39.9 Å². The summed E-state index contributed by atoms with van der Waals surface area (Å²) in [4.78, 5) is 24.2. The van der Waals surface area contributed by atoms with Crippen LogP contribution in [0.2, 0.25) is 0 Å². The van der Waals surface area contributed by atoms with Gasteiger partial charge in [-0.2, -0.15) is 0 Å². The van der Waals surface area contributed by atoms with Crippen LogP contribution in [-0.2, 0) is 17.9 Å². The number of carbonyl (C=O) groups is 1. The summed E-state index contributed by atoms with van der Waals surface area (Å²) >= 11 is 0. The summed E-state index contributed by atoms with van der Waals surface area (Å²) in [6.45, 7) is 4.34. The first-order valence-electron chi connectivity index (χ1n) is 9.38. The first kappa shape index (κ1) is 20.5. The molecular formula is C22H24FN3O3. The summed E-state index contributed by atoms with van der Waals surface area (Å²) in [7, 11) is 0. The molecule has 0 saturated carbocycles. The van der Waals surface area contributed by atoms with Gasteiger partial charge in [-0.3, -0.25) is 9.59 Å². The van der Waals surface area contributed by atoms with Gasteiger partial charge in [0.2, 0.25) is 0 Å². The molecule has 0 aliphatic carbocycles. The molecule has 1 amide bonds. The van der Waals surface area contributed by atoms with Gasteiger partial charge >= 0.3 is 0 Å². The van der Waals surface area contributed by atoms with Crippen LogP contribution in [0, 0.1) is 11.7 Å². The van der Waals surface area contributed by atoms with Crippen molar-refractivity contribution in [2.45, 2.75) is 26.9 Å². The number of halogens is 1. The van der Waals surface area contributed by atoms with Crippen LogP contribution in [0.5, 0.6) is 5.75 Å². The van der Waals surface area contributed by atoms with Gasteiger partial charge in [-0.15, -0.1) is 0 Å². The molecular weight excluding hydrogens is 373 g/mol. The molecule has 4 N–H and O–H groups in total. The van der Waals surface area contributed by atoms with Gasteiger partial charge in [-0.1, -0.05) is 26.0 Å². The minimum Gasteiger partial charge on any atom is -0.484 e. The fourth-order valence-electron chi connectivity index (χ4n) is 3.46. The summed E-state index contributed by atoms with van der Waals surface area (Å²) in [6.07, 6.45) is 0. The van der Waals surface area contributed by atoms with Gasteiger partial charge in [0.15, 0.2) is 6.61 Å². The number of pyridine rings is 1. The fraction of sp³-hybridized carbons (Fsp3) is 0.273. The van der Waals surface area contributed by atoms with E-state index in [9.17, 15) is 14.0 Å². The summed E-state index contributed by atoms with van der Waals surface area (Å²) in [5, 5.41) is 1.05. The van der Waals surface area contributed by atoms with Crippen molar-refractivity contribution in [1.29, 1.82) is 0 Å². The number of ether oxygens (including phenoxy) is 1. The Morgan fingerprint density at radius 3 is 2.55 bits per heavy atom. The van der Waals surface area contributed by atoms with Gasteiger partial charge in [0.1, 0.15) is 11.6 Å². The number of carbonyl (C=O) groups excluding carboxylic acids is 1. The third-order valence-corrected chi connectivity index (χ3v) is 4.59. The molecule has 0 spiro atoms. The number of hydrogen-bond acceptors (Lipinski definition) is 4. The second kappa shape index (κ2) is 8.45. The number of fused-ring (bicyclic) bond motifs is 1. The van der Waals surface area contributed by atoms with Crippen LogP contribution in [0.3, 0.4) is 0 Å². The van der Waals surface area contributed by atoms with E-state index < -0.39 is 5.91 Å². The zero-order valence-electron chi connectivity index (χ0n) is 16.4. The number of rotatable bonds is 7. The predicted molar refractivity (Wildman–Crippen MR) is 111 cm³/mol. The smallest absolute Gasteiger partial charge is 0.258 e. The van der Waals surface area contributed by atoms with E-state index >= 15 is 0 Å². The Hall–Kier alpha value is -3.19. The highest BCUT2D eigenvalue weighted by molar-refractivity contribution is 5.98. The molecule has 0 radical (unpaired) electrons. The lowest BCUT2D eigenvalue weighted by molar-refractivity contribution is -0.119. The predicted octanol–water partition coefficient (Wildman–Crippen LogP) is 2.79. The van der Waals surface area contributed by atoms with E-state index in [4.69, 9.17) is 16.2 Å². The maximum absolute atomic E-state index is 14.0. The first-order valence-corrected chi connectivity index (χ1v) is 9.38. The third kappa shape index (κ3) is 4.30. The number of benzene rings is 2. The van der Waals surface area contributed by atoms with Crippen LogP contribution in [0.25, 0.3) is 21.9 Å². The lowest BCUT2D eigenvalue weighted by Crippen LogP contribution is -2.28. The summed E-state index contributed by atoms with van der Waals surface area (Å²) in [5.74, 6) is -0.390. The van der Waals surface area contributed by atoms with Crippen molar-refractivity contribution in [3.05, 3.63) is 64.3 Å². The maximum atomic E-state index is 14.0. The van der Waals surface area contributed by atoms with E-state index in [1.807, 2.05) is 13.8 Å². The highest BCUT2D eigenvalue weighted by Gasteiger charge is 2.19. The van der Waals surface area contributed by atoms with Gasteiger partial charge < -0.3 is 20.8 Å². The van der Waals surface area contributed by atoms with E-state index in [2.05, 4.69) is 0 Å². The van der Waals surface area contributed by atoms with Gasteiger partial charge in [-0.25, -0.2) is 4.39 Å². The molecule has 0 fully saturated rings. The summed E-state index contributed by atoms with van der Waals surface area (Å²) in [6, 6.07) is 11.1. The van der Waals surface area contributed by atoms with Crippen LogP contribution < -0.4 is 21.8 Å². The van der Waals surface area contributed by atoms with Gasteiger partial charge in [0, 0.05) is 35.1 Å². The van der Waals surface area contributed by atoms with Crippen molar-refractivity contribution in [2.75, 3.05) is 6.61 Å². The Balaban J connectivity index is 2.37. The van der Waals surface area contributed by atoms with Crippen LogP contribution in [0.15, 0.2) is 47.3 Å². The van der Waals surface area contributed by atoms with Gasteiger partial charge in [0.25, 0.3) is 11.5 Å². The van der Waals surface area contributed by atoms with Crippen LogP contribution in [0.1, 0.15) is 19.5 Å². The Labute approximate surface area is 167 Å². The van der Waals surface area contributed by atoms with Crippen molar-refractivity contribution >= 4 is 16.7 Å². The standard InChI is InChI=1S/C22H24FN3O3/c1-13(2)11-26-19(10-24)21(14-4-3-5-15(23)8-14)18-9-16(29-12-20(25)27)6-7-17(18)22(26)28/h3-9,13H,10-12,24H2,1-2H3,(H2,25,27). The summed E-state index contributed by atoms with van der Waals surface area (Å²) < 4.78 is 21.1. The molecule has 3 aromatic rings. The number of amides is 1. The van der Waals surface area contributed by atoms with Crippen LogP contribution in [-0.4, -0.2) is 17.1 Å². The van der Waals surface area contributed by atoms with Crippen molar-refractivity contribution in [3.8, 4) is 16.9 Å². The number of nitrogens with zero attached hydrogens (tertiary/aromatic N) is 1. The molecule has 3 rings (SSSR count). The van der Waals surface area contributed by atoms with Crippen LogP contribution in [0.4, 0.5) is 4.39 Å². The Morgan fingerprint density at radius 1 is 1.17 bits per heavy atom. The lowest BCUT2D eigenvalue weighted by atomic mass is 9.96. The Bertz CT molecular complexity index is 1120. The number of primary amides is 1. The average molecular weight is 397 g/mol. The quantitative estimate of drug-likeness (QED) is 0.640. The normalized spacial score (nSPS) is 11.2. The molecule has 0 bridgehead atoms. The molecule has 6 nitrogen and oxygen atoms in total. The average Bonchev–Trinajstić information content (AvgIpc) is 2.67. The zero-order chi connectivity index (χ0) is 21.1. The van der Waals surface area contributed by atoms with E-state index in [1.54, 1.807) is 34.9 Å².